The number of ether oxygens (including phenoxy) is 1. The first-order valence-electron chi connectivity index (χ1n) is 16.2. The molecule has 0 aromatic heterocycles. The van der Waals surface area contributed by atoms with Crippen molar-refractivity contribution in [3.05, 3.63) is 83.4 Å². The van der Waals surface area contributed by atoms with Gasteiger partial charge in [-0.3, -0.25) is 0 Å². The van der Waals surface area contributed by atoms with E-state index >= 15 is 8.78 Å². The maximum absolute atomic E-state index is 15.4. The molecule has 230 valence electrons. The quantitative estimate of drug-likeness (QED) is 0.159. The number of methoxy groups -OCH3 is 1. The van der Waals surface area contributed by atoms with Crippen LogP contribution in [0.3, 0.4) is 0 Å². The number of unbranched alkanes of at least 4 members (excludes halogenated alkanes) is 4. The van der Waals surface area contributed by atoms with E-state index in [9.17, 15) is 8.78 Å². The van der Waals surface area contributed by atoms with Crippen LogP contribution in [0.4, 0.5) is 17.6 Å². The minimum atomic E-state index is -1.06. The molecule has 3 aromatic rings. The largest absolute Gasteiger partial charge is 0.494 e. The van der Waals surface area contributed by atoms with Gasteiger partial charge in [0.05, 0.1) is 7.11 Å². The van der Waals surface area contributed by atoms with Crippen LogP contribution in [0.1, 0.15) is 96.0 Å². The highest BCUT2D eigenvalue weighted by Crippen LogP contribution is 2.43. The molecule has 0 radical (unpaired) electrons. The SMILES string of the molecule is CCCCCCCC1CCC(C2CC=C(c3ccc(-c4ccc(-c5ccc(OC)c(F)c5F)cc4)c(F)c3F)CC2)CC1. The Kier molecular flexibility index (Phi) is 10.6. The van der Waals surface area contributed by atoms with Gasteiger partial charge in [-0.2, -0.15) is 4.39 Å². The van der Waals surface area contributed by atoms with Crippen molar-refractivity contribution in [1.82, 2.24) is 0 Å². The molecular formula is C38H44F4O. The normalized spacial score (nSPS) is 20.6. The minimum absolute atomic E-state index is 0.0697. The van der Waals surface area contributed by atoms with E-state index in [1.54, 1.807) is 36.4 Å². The molecule has 43 heavy (non-hydrogen) atoms. The lowest BCUT2D eigenvalue weighted by molar-refractivity contribution is 0.187. The van der Waals surface area contributed by atoms with E-state index < -0.39 is 23.3 Å². The van der Waals surface area contributed by atoms with Crippen LogP contribution >= 0.6 is 0 Å². The predicted molar refractivity (Wildman–Crippen MR) is 168 cm³/mol. The van der Waals surface area contributed by atoms with Crippen LogP contribution in [-0.2, 0) is 0 Å². The van der Waals surface area contributed by atoms with Crippen LogP contribution < -0.4 is 4.74 Å². The molecule has 0 N–H and O–H groups in total. The third-order valence-electron chi connectivity index (χ3n) is 9.93. The summed E-state index contributed by atoms with van der Waals surface area (Å²) in [4.78, 5) is 0. The van der Waals surface area contributed by atoms with Crippen LogP contribution in [0.25, 0.3) is 27.8 Å². The van der Waals surface area contributed by atoms with Crippen molar-refractivity contribution in [1.29, 1.82) is 0 Å². The van der Waals surface area contributed by atoms with Crippen LogP contribution in [-0.4, -0.2) is 7.11 Å². The minimum Gasteiger partial charge on any atom is -0.494 e. The number of hydrogen-bond acceptors (Lipinski definition) is 1. The number of benzene rings is 3. The topological polar surface area (TPSA) is 9.23 Å². The Morgan fingerprint density at radius 1 is 0.628 bits per heavy atom. The van der Waals surface area contributed by atoms with Crippen molar-refractivity contribution >= 4 is 5.57 Å². The Balaban J connectivity index is 1.20. The summed E-state index contributed by atoms with van der Waals surface area (Å²) in [6, 6.07) is 12.4. The summed E-state index contributed by atoms with van der Waals surface area (Å²) in [5.74, 6) is -1.68. The maximum atomic E-state index is 15.4. The molecule has 5 heteroatoms. The zero-order valence-electron chi connectivity index (χ0n) is 25.5. The molecule has 1 atom stereocenters. The van der Waals surface area contributed by atoms with Gasteiger partial charge >= 0.3 is 0 Å². The molecule has 0 spiro atoms. The smallest absolute Gasteiger partial charge is 0.201 e. The summed E-state index contributed by atoms with van der Waals surface area (Å²) in [7, 11) is 1.27. The second kappa shape index (κ2) is 14.6. The second-order valence-electron chi connectivity index (χ2n) is 12.6. The molecule has 0 amide bonds. The van der Waals surface area contributed by atoms with Crippen LogP contribution in [0.15, 0.2) is 54.6 Å². The van der Waals surface area contributed by atoms with Crippen molar-refractivity contribution in [2.75, 3.05) is 7.11 Å². The van der Waals surface area contributed by atoms with E-state index in [1.807, 2.05) is 0 Å². The summed E-state index contributed by atoms with van der Waals surface area (Å²) in [5.41, 5.74) is 2.35. The Labute approximate surface area is 254 Å². The average molecular weight is 593 g/mol. The molecule has 0 saturated heterocycles. The van der Waals surface area contributed by atoms with Crippen LogP contribution in [0, 0.1) is 41.0 Å². The maximum Gasteiger partial charge on any atom is 0.201 e. The molecule has 1 saturated carbocycles. The van der Waals surface area contributed by atoms with Crippen molar-refractivity contribution < 1.29 is 22.3 Å². The first-order chi connectivity index (χ1) is 20.9. The van der Waals surface area contributed by atoms with Gasteiger partial charge in [0.25, 0.3) is 0 Å². The molecule has 5 rings (SSSR count). The van der Waals surface area contributed by atoms with Gasteiger partial charge in [0.2, 0.25) is 5.82 Å². The molecule has 1 unspecified atom stereocenters. The molecular weight excluding hydrogens is 548 g/mol. The Hall–Kier alpha value is -3.08. The highest BCUT2D eigenvalue weighted by Gasteiger charge is 2.29. The van der Waals surface area contributed by atoms with Gasteiger partial charge in [-0.05, 0) is 78.7 Å². The standard InChI is InChI=1S/C38H44F4O/c1-3-4-5-6-7-8-25-9-11-26(12-10-25)27-13-15-28(16-14-27)31-21-22-32(36(40)35(31)39)29-17-19-30(20-18-29)33-23-24-34(43-2)38(42)37(33)41/h15,17-27H,3-14,16H2,1-2H3. The zero-order chi connectivity index (χ0) is 30.3. The Morgan fingerprint density at radius 2 is 1.21 bits per heavy atom. The summed E-state index contributed by atoms with van der Waals surface area (Å²) < 4.78 is 64.3. The fraction of sp³-hybridized carbons (Fsp3) is 0.474. The van der Waals surface area contributed by atoms with Gasteiger partial charge in [-0.15, -0.1) is 0 Å². The first-order valence-corrected chi connectivity index (χ1v) is 16.2. The van der Waals surface area contributed by atoms with E-state index in [1.165, 1.54) is 83.5 Å². The lowest BCUT2D eigenvalue weighted by Gasteiger charge is -2.35. The highest BCUT2D eigenvalue weighted by molar-refractivity contribution is 5.74. The molecule has 0 aliphatic heterocycles. The number of rotatable bonds is 11. The van der Waals surface area contributed by atoms with Gasteiger partial charge < -0.3 is 4.74 Å². The molecule has 1 fully saturated rings. The van der Waals surface area contributed by atoms with E-state index in [0.29, 0.717) is 22.6 Å². The van der Waals surface area contributed by atoms with Gasteiger partial charge in [-0.1, -0.05) is 101 Å². The van der Waals surface area contributed by atoms with Crippen molar-refractivity contribution in [3.8, 4) is 28.0 Å². The van der Waals surface area contributed by atoms with Gasteiger partial charge in [0, 0.05) is 16.7 Å². The third kappa shape index (κ3) is 7.19. The fourth-order valence-corrected chi connectivity index (χ4v) is 7.27. The third-order valence-corrected chi connectivity index (χ3v) is 9.93. The van der Waals surface area contributed by atoms with E-state index in [2.05, 4.69) is 13.0 Å². The summed E-state index contributed by atoms with van der Waals surface area (Å²) >= 11 is 0. The monoisotopic (exact) mass is 592 g/mol. The van der Waals surface area contributed by atoms with Crippen molar-refractivity contribution in [2.24, 2.45) is 17.8 Å². The van der Waals surface area contributed by atoms with Gasteiger partial charge in [-0.25, -0.2) is 13.2 Å². The molecule has 3 aromatic carbocycles. The lowest BCUT2D eigenvalue weighted by Crippen LogP contribution is -2.23. The molecule has 2 aliphatic rings. The summed E-state index contributed by atoms with van der Waals surface area (Å²) in [5, 5.41) is 0. The number of hydrogen-bond donors (Lipinski definition) is 0. The van der Waals surface area contributed by atoms with Crippen LogP contribution in [0.5, 0.6) is 5.75 Å². The fourth-order valence-electron chi connectivity index (χ4n) is 7.27. The van der Waals surface area contributed by atoms with Crippen molar-refractivity contribution in [3.63, 3.8) is 0 Å². The molecule has 0 bridgehead atoms. The van der Waals surface area contributed by atoms with Gasteiger partial charge in [0.1, 0.15) is 0 Å². The molecule has 2 aliphatic carbocycles. The number of halogens is 4. The average Bonchev–Trinajstić information content (AvgIpc) is 3.04. The molecule has 0 heterocycles. The Morgan fingerprint density at radius 3 is 1.81 bits per heavy atom. The van der Waals surface area contributed by atoms with E-state index in [4.69, 9.17) is 4.74 Å². The number of allylic oxidation sites excluding steroid dienone is 2. The summed E-state index contributed by atoms with van der Waals surface area (Å²) in [6.07, 6.45) is 18.4. The van der Waals surface area contributed by atoms with E-state index in [-0.39, 0.29) is 16.9 Å². The highest BCUT2D eigenvalue weighted by atomic mass is 19.2. The lowest BCUT2D eigenvalue weighted by atomic mass is 9.70. The van der Waals surface area contributed by atoms with Gasteiger partial charge in [0.15, 0.2) is 23.2 Å². The van der Waals surface area contributed by atoms with E-state index in [0.717, 1.165) is 36.7 Å². The first kappa shape index (κ1) is 31.3. The van der Waals surface area contributed by atoms with Crippen LogP contribution in [0.2, 0.25) is 0 Å². The predicted octanol–water partition coefficient (Wildman–Crippen LogP) is 11.9. The Bertz CT molecular complexity index is 1400. The summed E-state index contributed by atoms with van der Waals surface area (Å²) in [6.45, 7) is 2.26. The molecule has 1 nitrogen and oxygen atoms in total. The van der Waals surface area contributed by atoms with Crippen molar-refractivity contribution in [2.45, 2.75) is 90.4 Å². The second-order valence-corrected chi connectivity index (χ2v) is 12.6. The zero-order valence-corrected chi connectivity index (χ0v) is 25.5.